The van der Waals surface area contributed by atoms with E-state index >= 15 is 0 Å². The summed E-state index contributed by atoms with van der Waals surface area (Å²) in [6, 6.07) is 4.10. The molecule has 0 bridgehead atoms. The molecule has 0 amide bonds. The van der Waals surface area contributed by atoms with E-state index in [0.717, 1.165) is 37.8 Å². The van der Waals surface area contributed by atoms with Crippen LogP contribution in [-0.2, 0) is 0 Å². The van der Waals surface area contributed by atoms with E-state index in [-0.39, 0.29) is 0 Å². The van der Waals surface area contributed by atoms with Crippen molar-refractivity contribution >= 4 is 35.1 Å². The fourth-order valence-corrected chi connectivity index (χ4v) is 2.88. The molecule has 1 aromatic rings. The summed E-state index contributed by atoms with van der Waals surface area (Å²) in [5.74, 6) is 1.73. The zero-order valence-corrected chi connectivity index (χ0v) is 14.9. The van der Waals surface area contributed by atoms with Crippen molar-refractivity contribution in [1.82, 2.24) is 15.6 Å². The summed E-state index contributed by atoms with van der Waals surface area (Å²) >= 11 is 8.07. The first kappa shape index (κ1) is 17.2. The normalized spacial score (nSPS) is 20.1. The molecule has 1 saturated heterocycles. The molecular weight excluding hydrogens is 318 g/mol. The first-order valence-corrected chi connectivity index (χ1v) is 9.16. The average Bonchev–Trinajstić information content (AvgIpc) is 2.99. The molecule has 7 heteroatoms. The highest BCUT2D eigenvalue weighted by atomic mass is 35.5. The van der Waals surface area contributed by atoms with Crippen molar-refractivity contribution in [3.05, 3.63) is 23.4 Å². The highest BCUT2D eigenvalue weighted by molar-refractivity contribution is 7.99. The predicted octanol–water partition coefficient (Wildman–Crippen LogP) is 2.23. The van der Waals surface area contributed by atoms with Crippen LogP contribution in [0.2, 0.25) is 5.02 Å². The van der Waals surface area contributed by atoms with Crippen molar-refractivity contribution in [2.75, 3.05) is 37.8 Å². The van der Waals surface area contributed by atoms with Gasteiger partial charge in [0.25, 0.3) is 0 Å². The van der Waals surface area contributed by atoms with Gasteiger partial charge >= 0.3 is 0 Å². The molecule has 0 radical (unpaired) electrons. The van der Waals surface area contributed by atoms with Crippen molar-refractivity contribution in [3.8, 4) is 0 Å². The van der Waals surface area contributed by atoms with E-state index in [4.69, 9.17) is 11.6 Å². The minimum atomic E-state index is 0.355. The Hall–Kier alpha value is -1.14. The van der Waals surface area contributed by atoms with Crippen LogP contribution in [0.15, 0.2) is 23.3 Å². The van der Waals surface area contributed by atoms with Gasteiger partial charge in [-0.2, -0.15) is 11.8 Å². The highest BCUT2D eigenvalue weighted by Crippen LogP contribution is 2.25. The van der Waals surface area contributed by atoms with Gasteiger partial charge < -0.3 is 15.5 Å². The van der Waals surface area contributed by atoms with Gasteiger partial charge in [-0.05, 0) is 24.8 Å². The fraction of sp³-hybridized carbons (Fsp3) is 0.600. The predicted molar refractivity (Wildman–Crippen MR) is 97.3 cm³/mol. The molecule has 5 nitrogen and oxygen atoms in total. The topological polar surface area (TPSA) is 52.6 Å². The van der Waals surface area contributed by atoms with Crippen molar-refractivity contribution in [1.29, 1.82) is 0 Å². The zero-order valence-electron chi connectivity index (χ0n) is 13.3. The second-order valence-electron chi connectivity index (χ2n) is 5.38. The third-order valence-corrected chi connectivity index (χ3v) is 5.02. The highest BCUT2D eigenvalue weighted by Gasteiger charge is 2.25. The summed E-state index contributed by atoms with van der Waals surface area (Å²) in [7, 11) is 1.81. The molecule has 0 spiro atoms. The summed E-state index contributed by atoms with van der Waals surface area (Å²) in [5, 5.41) is 8.12. The summed E-state index contributed by atoms with van der Waals surface area (Å²) in [6.07, 6.45) is 4.95. The molecule has 2 heterocycles. The largest absolute Gasteiger partial charge is 0.355 e. The Kier molecular flexibility index (Phi) is 6.64. The number of aliphatic imine (C=N–C) groups is 1. The second-order valence-corrected chi connectivity index (χ2v) is 7.07. The van der Waals surface area contributed by atoms with Crippen molar-refractivity contribution in [2.45, 2.75) is 24.6 Å². The Morgan fingerprint density at radius 1 is 1.64 bits per heavy atom. The van der Waals surface area contributed by atoms with Crippen LogP contribution < -0.4 is 15.5 Å². The van der Waals surface area contributed by atoms with Crippen LogP contribution in [0.25, 0.3) is 0 Å². The molecular formula is C15H24ClN5S. The van der Waals surface area contributed by atoms with Gasteiger partial charge in [-0.15, -0.1) is 0 Å². The van der Waals surface area contributed by atoms with Crippen LogP contribution in [0.3, 0.4) is 0 Å². The Morgan fingerprint density at radius 2 is 2.45 bits per heavy atom. The van der Waals surface area contributed by atoms with Gasteiger partial charge in [0.2, 0.25) is 0 Å². The number of rotatable bonds is 5. The zero-order chi connectivity index (χ0) is 15.9. The number of hydrogen-bond acceptors (Lipinski definition) is 4. The van der Waals surface area contributed by atoms with Gasteiger partial charge in [-0.25, -0.2) is 4.98 Å². The molecule has 122 valence electrons. The lowest BCUT2D eigenvalue weighted by molar-refractivity contribution is 0.647. The molecule has 22 heavy (non-hydrogen) atoms. The van der Waals surface area contributed by atoms with Gasteiger partial charge in [0.15, 0.2) is 5.96 Å². The standard InChI is InChI=1S/C15H24ClN5S/c1-11(22-3)9-19-15(17-2)20-12-6-8-21(10-12)14-13(16)5-4-7-18-14/h4-5,7,11-12H,6,8-10H2,1-3H3,(H2,17,19,20). The van der Waals surface area contributed by atoms with Gasteiger partial charge in [0.1, 0.15) is 5.82 Å². The molecule has 0 saturated carbocycles. The van der Waals surface area contributed by atoms with E-state index in [0.29, 0.717) is 16.3 Å². The van der Waals surface area contributed by atoms with Crippen molar-refractivity contribution < 1.29 is 0 Å². The smallest absolute Gasteiger partial charge is 0.191 e. The molecule has 1 aromatic heterocycles. The van der Waals surface area contributed by atoms with E-state index in [1.54, 1.807) is 13.2 Å². The number of guanidine groups is 1. The van der Waals surface area contributed by atoms with E-state index in [2.05, 4.69) is 38.7 Å². The van der Waals surface area contributed by atoms with Crippen LogP contribution in [0, 0.1) is 0 Å². The van der Waals surface area contributed by atoms with Crippen LogP contribution >= 0.6 is 23.4 Å². The third-order valence-electron chi connectivity index (χ3n) is 3.75. The maximum atomic E-state index is 6.22. The SMILES string of the molecule is CN=C(NCC(C)SC)NC1CCN(c2ncccc2Cl)C1. The lowest BCUT2D eigenvalue weighted by Crippen LogP contribution is -2.46. The molecule has 2 N–H and O–H groups in total. The molecule has 2 atom stereocenters. The number of thioether (sulfide) groups is 1. The number of halogens is 1. The van der Waals surface area contributed by atoms with Crippen LogP contribution in [0.4, 0.5) is 5.82 Å². The Bertz CT molecular complexity index is 510. The number of nitrogens with zero attached hydrogens (tertiary/aromatic N) is 3. The molecule has 1 fully saturated rings. The maximum Gasteiger partial charge on any atom is 0.191 e. The summed E-state index contributed by atoms with van der Waals surface area (Å²) < 4.78 is 0. The minimum absolute atomic E-state index is 0.355. The molecule has 2 unspecified atom stereocenters. The fourth-order valence-electron chi connectivity index (χ4n) is 2.39. The molecule has 0 aliphatic carbocycles. The lowest BCUT2D eigenvalue weighted by atomic mass is 10.3. The first-order valence-electron chi connectivity index (χ1n) is 7.49. The first-order chi connectivity index (χ1) is 10.6. The lowest BCUT2D eigenvalue weighted by Gasteiger charge is -2.21. The van der Waals surface area contributed by atoms with Crippen LogP contribution in [0.1, 0.15) is 13.3 Å². The quantitative estimate of drug-likeness (QED) is 0.635. The summed E-state index contributed by atoms with van der Waals surface area (Å²) in [4.78, 5) is 10.9. The van der Waals surface area contributed by atoms with E-state index < -0.39 is 0 Å². The van der Waals surface area contributed by atoms with Crippen LogP contribution in [-0.4, -0.2) is 55.2 Å². The van der Waals surface area contributed by atoms with E-state index in [9.17, 15) is 0 Å². The van der Waals surface area contributed by atoms with Crippen molar-refractivity contribution in [2.24, 2.45) is 4.99 Å². The molecule has 1 aliphatic heterocycles. The van der Waals surface area contributed by atoms with Crippen molar-refractivity contribution in [3.63, 3.8) is 0 Å². The third kappa shape index (κ3) is 4.68. The number of hydrogen-bond donors (Lipinski definition) is 2. The van der Waals surface area contributed by atoms with E-state index in [1.165, 1.54) is 0 Å². The summed E-state index contributed by atoms with van der Waals surface area (Å²) in [6.45, 7) is 4.94. The van der Waals surface area contributed by atoms with Crippen LogP contribution in [0.5, 0.6) is 0 Å². The minimum Gasteiger partial charge on any atom is -0.355 e. The molecule has 1 aliphatic rings. The maximum absolute atomic E-state index is 6.22. The van der Waals surface area contributed by atoms with E-state index in [1.807, 2.05) is 23.9 Å². The second kappa shape index (κ2) is 8.48. The van der Waals surface area contributed by atoms with Gasteiger partial charge in [0, 0.05) is 44.2 Å². The number of anilines is 1. The van der Waals surface area contributed by atoms with Gasteiger partial charge in [-0.3, -0.25) is 4.99 Å². The number of pyridine rings is 1. The Labute approximate surface area is 141 Å². The monoisotopic (exact) mass is 341 g/mol. The molecule has 0 aromatic carbocycles. The average molecular weight is 342 g/mol. The Balaban J connectivity index is 1.86. The summed E-state index contributed by atoms with van der Waals surface area (Å²) in [5.41, 5.74) is 0. The Morgan fingerprint density at radius 3 is 3.14 bits per heavy atom. The van der Waals surface area contributed by atoms with Gasteiger partial charge in [0.05, 0.1) is 5.02 Å². The number of aromatic nitrogens is 1. The number of nitrogens with one attached hydrogen (secondary N) is 2. The molecule has 2 rings (SSSR count). The van der Waals surface area contributed by atoms with Gasteiger partial charge in [-0.1, -0.05) is 18.5 Å².